The van der Waals surface area contributed by atoms with Crippen LogP contribution in [-0.2, 0) is 24.3 Å². The highest BCUT2D eigenvalue weighted by molar-refractivity contribution is 7.91. The van der Waals surface area contributed by atoms with Gasteiger partial charge in [0.2, 0.25) is 5.91 Å². The number of anilines is 2. The smallest absolute Gasteiger partial charge is 0.411 e. The van der Waals surface area contributed by atoms with E-state index in [9.17, 15) is 18.0 Å². The van der Waals surface area contributed by atoms with E-state index in [1.54, 1.807) is 41.8 Å². The molecule has 0 bridgehead atoms. The Kier molecular flexibility index (Phi) is 8.02. The molecule has 3 rings (SSSR count). The normalized spacial score (nSPS) is 15.4. The SMILES string of the molecule is COCCOC(=O)Nc1cccc(NC(=O)C2CCN(S(=O)(=O)c3cccs3)CC2)c1. The summed E-state index contributed by atoms with van der Waals surface area (Å²) < 4.78 is 36.7. The topological polar surface area (TPSA) is 114 Å². The minimum Gasteiger partial charge on any atom is -0.447 e. The molecule has 2 amide bonds. The van der Waals surface area contributed by atoms with E-state index in [4.69, 9.17) is 9.47 Å². The van der Waals surface area contributed by atoms with Crippen molar-refractivity contribution < 1.29 is 27.5 Å². The van der Waals surface area contributed by atoms with Crippen LogP contribution in [0.15, 0.2) is 46.0 Å². The van der Waals surface area contributed by atoms with Crippen LogP contribution in [0, 0.1) is 5.92 Å². The number of thiophene rings is 1. The maximum absolute atomic E-state index is 12.7. The standard InChI is InChI=1S/C20H25N3O6S2/c1-28-11-12-29-20(25)22-17-5-2-4-16(14-17)21-19(24)15-7-9-23(10-8-15)31(26,27)18-6-3-13-30-18/h2-6,13-15H,7-12H2,1H3,(H,21,24)(H,22,25). The molecule has 0 spiro atoms. The van der Waals surface area contributed by atoms with Crippen molar-refractivity contribution in [1.82, 2.24) is 4.31 Å². The molecule has 0 aliphatic carbocycles. The Hall–Kier alpha value is -2.47. The molecule has 1 aromatic heterocycles. The number of ether oxygens (including phenoxy) is 2. The van der Waals surface area contributed by atoms with Crippen LogP contribution in [0.5, 0.6) is 0 Å². The van der Waals surface area contributed by atoms with Crippen molar-refractivity contribution in [2.24, 2.45) is 5.92 Å². The molecule has 11 heteroatoms. The molecule has 1 fully saturated rings. The van der Waals surface area contributed by atoms with E-state index in [-0.39, 0.29) is 18.4 Å². The lowest BCUT2D eigenvalue weighted by Crippen LogP contribution is -2.41. The number of nitrogens with one attached hydrogen (secondary N) is 2. The molecule has 0 saturated carbocycles. The summed E-state index contributed by atoms with van der Waals surface area (Å²) in [7, 11) is -1.98. The highest BCUT2D eigenvalue weighted by Gasteiger charge is 2.32. The fourth-order valence-corrected chi connectivity index (χ4v) is 5.80. The zero-order valence-corrected chi connectivity index (χ0v) is 18.7. The first-order valence-corrected chi connectivity index (χ1v) is 12.1. The van der Waals surface area contributed by atoms with Gasteiger partial charge in [-0.2, -0.15) is 4.31 Å². The number of nitrogens with zero attached hydrogens (tertiary/aromatic N) is 1. The van der Waals surface area contributed by atoms with Gasteiger partial charge in [-0.25, -0.2) is 13.2 Å². The van der Waals surface area contributed by atoms with Crippen molar-refractivity contribution in [3.05, 3.63) is 41.8 Å². The summed E-state index contributed by atoms with van der Waals surface area (Å²) in [4.78, 5) is 24.4. The van der Waals surface area contributed by atoms with Gasteiger partial charge in [-0.15, -0.1) is 11.3 Å². The second-order valence-corrected chi connectivity index (χ2v) is 10.0. The van der Waals surface area contributed by atoms with Gasteiger partial charge >= 0.3 is 6.09 Å². The second-order valence-electron chi connectivity index (χ2n) is 6.93. The predicted molar refractivity (Wildman–Crippen MR) is 118 cm³/mol. The number of carbonyl (C=O) groups is 2. The summed E-state index contributed by atoms with van der Waals surface area (Å²) >= 11 is 1.19. The molecule has 1 aliphatic heterocycles. The van der Waals surface area contributed by atoms with Gasteiger partial charge in [0.25, 0.3) is 10.0 Å². The quantitative estimate of drug-likeness (QED) is 0.577. The highest BCUT2D eigenvalue weighted by atomic mass is 32.2. The summed E-state index contributed by atoms with van der Waals surface area (Å²) in [6.07, 6.45) is 0.278. The third kappa shape index (κ3) is 6.26. The number of piperidine rings is 1. The van der Waals surface area contributed by atoms with Crippen LogP contribution < -0.4 is 10.6 Å². The molecular weight excluding hydrogens is 442 g/mol. The van der Waals surface area contributed by atoms with Crippen LogP contribution in [0.4, 0.5) is 16.2 Å². The van der Waals surface area contributed by atoms with E-state index in [1.807, 2.05) is 0 Å². The second kappa shape index (κ2) is 10.7. The maximum atomic E-state index is 12.7. The van der Waals surface area contributed by atoms with Crippen LogP contribution in [-0.4, -0.2) is 58.1 Å². The Morgan fingerprint density at radius 1 is 1.10 bits per heavy atom. The molecule has 2 N–H and O–H groups in total. The minimum absolute atomic E-state index is 0.139. The van der Waals surface area contributed by atoms with Gasteiger partial charge < -0.3 is 14.8 Å². The number of hydrogen-bond donors (Lipinski definition) is 2. The Morgan fingerprint density at radius 3 is 2.45 bits per heavy atom. The zero-order chi connectivity index (χ0) is 22.3. The van der Waals surface area contributed by atoms with Gasteiger partial charge in [-0.3, -0.25) is 10.1 Å². The number of rotatable bonds is 8. The number of carbonyl (C=O) groups excluding carboxylic acids is 2. The summed E-state index contributed by atoms with van der Waals surface area (Å²) in [5, 5.41) is 7.16. The van der Waals surface area contributed by atoms with Gasteiger partial charge in [0.1, 0.15) is 10.8 Å². The van der Waals surface area contributed by atoms with Crippen LogP contribution in [0.1, 0.15) is 12.8 Å². The number of benzene rings is 1. The van der Waals surface area contributed by atoms with Gasteiger partial charge in [0, 0.05) is 37.5 Å². The molecular formula is C20H25N3O6S2. The van der Waals surface area contributed by atoms with E-state index in [1.165, 1.54) is 22.8 Å². The lowest BCUT2D eigenvalue weighted by atomic mass is 9.97. The molecule has 9 nitrogen and oxygen atoms in total. The summed E-state index contributed by atoms with van der Waals surface area (Å²) in [6.45, 7) is 1.04. The number of methoxy groups -OCH3 is 1. The van der Waals surface area contributed by atoms with Gasteiger partial charge in [-0.1, -0.05) is 12.1 Å². The number of amides is 2. The molecule has 2 aromatic rings. The molecule has 0 radical (unpaired) electrons. The Bertz CT molecular complexity index is 986. The molecule has 1 aromatic carbocycles. The average Bonchev–Trinajstić information content (AvgIpc) is 3.30. The van der Waals surface area contributed by atoms with Crippen LogP contribution >= 0.6 is 11.3 Å². The largest absolute Gasteiger partial charge is 0.447 e. The first kappa shape index (κ1) is 23.2. The van der Waals surface area contributed by atoms with E-state index < -0.39 is 16.1 Å². The van der Waals surface area contributed by atoms with Crippen molar-refractivity contribution in [3.63, 3.8) is 0 Å². The predicted octanol–water partition coefficient (Wildman–Crippen LogP) is 2.98. The molecule has 1 aliphatic rings. The number of hydrogen-bond acceptors (Lipinski definition) is 7. The minimum atomic E-state index is -3.49. The molecule has 31 heavy (non-hydrogen) atoms. The first-order chi connectivity index (χ1) is 14.9. The molecule has 0 atom stereocenters. The van der Waals surface area contributed by atoms with E-state index >= 15 is 0 Å². The maximum Gasteiger partial charge on any atom is 0.411 e. The average molecular weight is 468 g/mol. The fraction of sp³-hybridized carbons (Fsp3) is 0.400. The molecule has 2 heterocycles. The zero-order valence-electron chi connectivity index (χ0n) is 17.1. The third-order valence-electron chi connectivity index (χ3n) is 4.81. The van der Waals surface area contributed by atoms with Crippen molar-refractivity contribution in [2.75, 3.05) is 44.0 Å². The van der Waals surface area contributed by atoms with Crippen molar-refractivity contribution in [2.45, 2.75) is 17.1 Å². The summed E-state index contributed by atoms with van der Waals surface area (Å²) in [5.41, 5.74) is 1.02. The van der Waals surface area contributed by atoms with Gasteiger partial charge in [0.15, 0.2) is 0 Å². The summed E-state index contributed by atoms with van der Waals surface area (Å²) in [6, 6.07) is 10.0. The number of sulfonamides is 1. The van der Waals surface area contributed by atoms with E-state index in [0.717, 1.165) is 0 Å². The van der Waals surface area contributed by atoms with Crippen molar-refractivity contribution in [3.8, 4) is 0 Å². The third-order valence-corrected chi connectivity index (χ3v) is 8.08. The first-order valence-electron chi connectivity index (χ1n) is 9.77. The van der Waals surface area contributed by atoms with Crippen LogP contribution in [0.25, 0.3) is 0 Å². The monoisotopic (exact) mass is 467 g/mol. The van der Waals surface area contributed by atoms with Gasteiger partial charge in [0.05, 0.1) is 6.61 Å². The Balaban J connectivity index is 1.51. The van der Waals surface area contributed by atoms with E-state index in [2.05, 4.69) is 10.6 Å². The van der Waals surface area contributed by atoms with Gasteiger partial charge in [-0.05, 0) is 42.5 Å². The van der Waals surface area contributed by atoms with Crippen LogP contribution in [0.2, 0.25) is 0 Å². The van der Waals surface area contributed by atoms with Crippen LogP contribution in [0.3, 0.4) is 0 Å². The van der Waals surface area contributed by atoms with E-state index in [0.29, 0.717) is 48.1 Å². The molecule has 168 valence electrons. The summed E-state index contributed by atoms with van der Waals surface area (Å²) in [5.74, 6) is -0.460. The fourth-order valence-electron chi connectivity index (χ4n) is 3.19. The molecule has 1 saturated heterocycles. The highest BCUT2D eigenvalue weighted by Crippen LogP contribution is 2.27. The van der Waals surface area contributed by atoms with Crippen molar-refractivity contribution in [1.29, 1.82) is 0 Å². The lowest BCUT2D eigenvalue weighted by molar-refractivity contribution is -0.120. The Morgan fingerprint density at radius 2 is 1.81 bits per heavy atom. The Labute approximate surface area is 185 Å². The molecule has 0 unspecified atom stereocenters. The lowest BCUT2D eigenvalue weighted by Gasteiger charge is -2.30. The van der Waals surface area contributed by atoms with Crippen molar-refractivity contribution >= 4 is 44.7 Å².